The van der Waals surface area contributed by atoms with Gasteiger partial charge in [-0.25, -0.2) is 5.43 Å². The summed E-state index contributed by atoms with van der Waals surface area (Å²) in [6.07, 6.45) is 0.814. The maximum Gasteiger partial charge on any atom is 0.134 e. The summed E-state index contributed by atoms with van der Waals surface area (Å²) in [6, 6.07) is 16.4. The zero-order valence-electron chi connectivity index (χ0n) is 12.4. The van der Waals surface area contributed by atoms with E-state index in [4.69, 9.17) is 10.3 Å². The van der Waals surface area contributed by atoms with E-state index < -0.39 is 0 Å². The van der Waals surface area contributed by atoms with Gasteiger partial charge >= 0.3 is 0 Å². The maximum atomic E-state index is 5.93. The molecule has 0 radical (unpaired) electrons. The SMILES string of the molecule is Cc1cccc(C)c1CC(NN)c1cc2ccccc2o1. The Morgan fingerprint density at radius 1 is 1.05 bits per heavy atom. The summed E-state index contributed by atoms with van der Waals surface area (Å²) >= 11 is 0. The van der Waals surface area contributed by atoms with E-state index in [9.17, 15) is 0 Å². The lowest BCUT2D eigenvalue weighted by atomic mass is 9.95. The lowest BCUT2D eigenvalue weighted by Gasteiger charge is -2.16. The van der Waals surface area contributed by atoms with Gasteiger partial charge in [0.1, 0.15) is 11.3 Å². The van der Waals surface area contributed by atoms with Crippen molar-refractivity contribution >= 4 is 11.0 Å². The molecule has 3 N–H and O–H groups in total. The number of benzene rings is 2. The lowest BCUT2D eigenvalue weighted by molar-refractivity contribution is 0.433. The normalized spacial score (nSPS) is 12.7. The van der Waals surface area contributed by atoms with Crippen molar-refractivity contribution in [3.63, 3.8) is 0 Å². The van der Waals surface area contributed by atoms with Gasteiger partial charge in [-0.05, 0) is 49.1 Å². The molecular formula is C18H20N2O. The largest absolute Gasteiger partial charge is 0.459 e. The molecule has 0 amide bonds. The van der Waals surface area contributed by atoms with Crippen LogP contribution in [-0.2, 0) is 6.42 Å². The van der Waals surface area contributed by atoms with Gasteiger partial charge in [0.15, 0.2) is 0 Å². The van der Waals surface area contributed by atoms with Crippen molar-refractivity contribution < 1.29 is 4.42 Å². The molecule has 0 saturated carbocycles. The summed E-state index contributed by atoms with van der Waals surface area (Å²) in [7, 11) is 0. The van der Waals surface area contributed by atoms with Gasteiger partial charge < -0.3 is 4.42 Å². The fraction of sp³-hybridized carbons (Fsp3) is 0.222. The number of rotatable bonds is 4. The van der Waals surface area contributed by atoms with Gasteiger partial charge in [0.25, 0.3) is 0 Å². The number of hydrazine groups is 1. The second-order valence-electron chi connectivity index (χ2n) is 5.48. The number of aryl methyl sites for hydroxylation is 2. The highest BCUT2D eigenvalue weighted by Crippen LogP contribution is 2.27. The van der Waals surface area contributed by atoms with E-state index in [-0.39, 0.29) is 6.04 Å². The van der Waals surface area contributed by atoms with Gasteiger partial charge in [-0.1, -0.05) is 36.4 Å². The first-order valence-corrected chi connectivity index (χ1v) is 7.18. The Balaban J connectivity index is 1.95. The van der Waals surface area contributed by atoms with Gasteiger partial charge in [0, 0.05) is 5.39 Å². The van der Waals surface area contributed by atoms with Crippen LogP contribution in [0.3, 0.4) is 0 Å². The fourth-order valence-corrected chi connectivity index (χ4v) is 2.79. The van der Waals surface area contributed by atoms with Gasteiger partial charge in [-0.2, -0.15) is 0 Å². The van der Waals surface area contributed by atoms with Crippen molar-refractivity contribution in [2.75, 3.05) is 0 Å². The van der Waals surface area contributed by atoms with Crippen LogP contribution >= 0.6 is 0 Å². The van der Waals surface area contributed by atoms with Crippen molar-refractivity contribution in [1.82, 2.24) is 5.43 Å². The minimum atomic E-state index is -0.0304. The Bertz CT molecular complexity index is 708. The summed E-state index contributed by atoms with van der Waals surface area (Å²) in [5, 5.41) is 1.11. The summed E-state index contributed by atoms with van der Waals surface area (Å²) < 4.78 is 5.93. The zero-order valence-corrected chi connectivity index (χ0v) is 12.4. The third-order valence-corrected chi connectivity index (χ3v) is 4.04. The second-order valence-corrected chi connectivity index (χ2v) is 5.48. The molecule has 0 spiro atoms. The van der Waals surface area contributed by atoms with Crippen LogP contribution in [0.5, 0.6) is 0 Å². The number of nitrogens with two attached hydrogens (primary N) is 1. The molecule has 108 valence electrons. The van der Waals surface area contributed by atoms with Crippen molar-refractivity contribution in [2.45, 2.75) is 26.3 Å². The monoisotopic (exact) mass is 280 g/mol. The van der Waals surface area contributed by atoms with Crippen LogP contribution in [0.25, 0.3) is 11.0 Å². The van der Waals surface area contributed by atoms with E-state index in [1.165, 1.54) is 16.7 Å². The van der Waals surface area contributed by atoms with E-state index in [1.807, 2.05) is 18.2 Å². The topological polar surface area (TPSA) is 51.2 Å². The van der Waals surface area contributed by atoms with Gasteiger partial charge in [-0.3, -0.25) is 5.84 Å². The smallest absolute Gasteiger partial charge is 0.134 e. The first-order chi connectivity index (χ1) is 10.2. The lowest BCUT2D eigenvalue weighted by Crippen LogP contribution is -2.29. The van der Waals surface area contributed by atoms with Crippen LogP contribution in [0.1, 0.15) is 28.5 Å². The molecule has 2 aromatic carbocycles. The molecule has 0 bridgehead atoms. The summed E-state index contributed by atoms with van der Waals surface area (Å²) in [5.41, 5.74) is 7.67. The Labute approximate surface area is 124 Å². The number of para-hydroxylation sites is 1. The molecule has 21 heavy (non-hydrogen) atoms. The number of hydrogen-bond acceptors (Lipinski definition) is 3. The fourth-order valence-electron chi connectivity index (χ4n) is 2.79. The molecule has 0 fully saturated rings. The molecule has 0 saturated heterocycles. The Morgan fingerprint density at radius 3 is 2.43 bits per heavy atom. The van der Waals surface area contributed by atoms with E-state index in [1.54, 1.807) is 0 Å². The maximum absolute atomic E-state index is 5.93. The van der Waals surface area contributed by atoms with Crippen molar-refractivity contribution in [1.29, 1.82) is 0 Å². The predicted molar refractivity (Wildman–Crippen MR) is 85.9 cm³/mol. The van der Waals surface area contributed by atoms with Crippen molar-refractivity contribution in [3.05, 3.63) is 71.0 Å². The average molecular weight is 280 g/mol. The molecule has 3 nitrogen and oxygen atoms in total. The van der Waals surface area contributed by atoms with E-state index >= 15 is 0 Å². The Morgan fingerprint density at radius 2 is 1.76 bits per heavy atom. The van der Waals surface area contributed by atoms with Crippen molar-refractivity contribution in [2.24, 2.45) is 5.84 Å². The van der Waals surface area contributed by atoms with Gasteiger partial charge in [-0.15, -0.1) is 0 Å². The molecule has 3 rings (SSSR count). The Kier molecular flexibility index (Phi) is 3.78. The summed E-state index contributed by atoms with van der Waals surface area (Å²) in [4.78, 5) is 0. The number of fused-ring (bicyclic) bond motifs is 1. The average Bonchev–Trinajstić information content (AvgIpc) is 2.90. The van der Waals surface area contributed by atoms with Crippen LogP contribution in [0.15, 0.2) is 52.9 Å². The molecular weight excluding hydrogens is 260 g/mol. The van der Waals surface area contributed by atoms with Gasteiger partial charge in [0.05, 0.1) is 6.04 Å². The highest BCUT2D eigenvalue weighted by molar-refractivity contribution is 5.77. The van der Waals surface area contributed by atoms with Crippen LogP contribution in [0, 0.1) is 13.8 Å². The third-order valence-electron chi connectivity index (χ3n) is 4.04. The van der Waals surface area contributed by atoms with Crippen molar-refractivity contribution in [3.8, 4) is 0 Å². The molecule has 0 aliphatic heterocycles. The highest BCUT2D eigenvalue weighted by Gasteiger charge is 2.17. The molecule has 3 aromatic rings. The standard InChI is InChI=1S/C18H20N2O/c1-12-6-5-7-13(2)15(12)11-16(20-19)18-10-14-8-3-4-9-17(14)21-18/h3-10,16,20H,11,19H2,1-2H3. The van der Waals surface area contributed by atoms with Crippen LogP contribution in [-0.4, -0.2) is 0 Å². The van der Waals surface area contributed by atoms with Crippen LogP contribution in [0.2, 0.25) is 0 Å². The third kappa shape index (κ3) is 2.71. The summed E-state index contributed by atoms with van der Waals surface area (Å²) in [6.45, 7) is 4.27. The van der Waals surface area contributed by atoms with E-state index in [0.29, 0.717) is 0 Å². The zero-order chi connectivity index (χ0) is 14.8. The van der Waals surface area contributed by atoms with Crippen LogP contribution in [0.4, 0.5) is 0 Å². The second kappa shape index (κ2) is 5.72. The first-order valence-electron chi connectivity index (χ1n) is 7.18. The molecule has 1 aromatic heterocycles. The molecule has 1 unspecified atom stereocenters. The molecule has 1 heterocycles. The predicted octanol–water partition coefficient (Wildman–Crippen LogP) is 3.80. The molecule has 3 heteroatoms. The molecule has 0 aliphatic rings. The van der Waals surface area contributed by atoms with Crippen LogP contribution < -0.4 is 11.3 Å². The van der Waals surface area contributed by atoms with E-state index in [2.05, 4.69) is 49.6 Å². The Hall–Kier alpha value is -2.10. The summed E-state index contributed by atoms with van der Waals surface area (Å²) in [5.74, 6) is 6.64. The van der Waals surface area contributed by atoms with E-state index in [0.717, 1.165) is 23.2 Å². The number of furan rings is 1. The quantitative estimate of drug-likeness (QED) is 0.564. The minimum Gasteiger partial charge on any atom is -0.459 e. The van der Waals surface area contributed by atoms with Gasteiger partial charge in [0.2, 0.25) is 0 Å². The number of nitrogens with one attached hydrogen (secondary N) is 1. The first kappa shape index (κ1) is 13.9. The highest BCUT2D eigenvalue weighted by atomic mass is 16.3. The number of hydrogen-bond donors (Lipinski definition) is 2. The molecule has 1 atom stereocenters. The minimum absolute atomic E-state index is 0.0304. The molecule has 0 aliphatic carbocycles.